The number of benzene rings is 1. The summed E-state index contributed by atoms with van der Waals surface area (Å²) < 4.78 is 5.08. The smallest absolute Gasteiger partial charge is 0.253 e. The number of aryl methyl sites for hydroxylation is 1. The molecule has 19 heavy (non-hydrogen) atoms. The number of hydrogen-bond acceptors (Lipinski definition) is 3. The van der Waals surface area contributed by atoms with Crippen molar-refractivity contribution in [1.29, 1.82) is 0 Å². The Morgan fingerprint density at radius 2 is 1.89 bits per heavy atom. The van der Waals surface area contributed by atoms with Crippen LogP contribution < -0.4 is 4.74 Å². The fraction of sp³-hybridized carbons (Fsp3) is 0.267. The second-order valence-electron chi connectivity index (χ2n) is 4.40. The zero-order chi connectivity index (χ0) is 13.8. The molecule has 1 amide bonds. The first kappa shape index (κ1) is 13.6. The lowest BCUT2D eigenvalue weighted by Gasteiger charge is -2.16. The summed E-state index contributed by atoms with van der Waals surface area (Å²) in [5.74, 6) is 0.779. The molecule has 2 rings (SSSR count). The number of carbonyl (C=O) groups is 1. The fourth-order valence-electron chi connectivity index (χ4n) is 1.83. The first-order valence-electron chi connectivity index (χ1n) is 6.05. The number of hydrogen-bond donors (Lipinski definition) is 0. The summed E-state index contributed by atoms with van der Waals surface area (Å²) in [5, 5.41) is 0. The number of nitrogens with zero attached hydrogens (tertiary/aromatic N) is 1. The van der Waals surface area contributed by atoms with Gasteiger partial charge in [-0.2, -0.15) is 0 Å². The Hall–Kier alpha value is -1.81. The van der Waals surface area contributed by atoms with Crippen molar-refractivity contribution in [1.82, 2.24) is 4.90 Å². The number of rotatable bonds is 4. The molecule has 1 heterocycles. The third-order valence-corrected chi connectivity index (χ3v) is 3.86. The number of ether oxygens (including phenoxy) is 1. The van der Waals surface area contributed by atoms with Crippen LogP contribution in [0.2, 0.25) is 0 Å². The molecule has 0 saturated heterocycles. The van der Waals surface area contributed by atoms with Crippen LogP contribution in [0.3, 0.4) is 0 Å². The van der Waals surface area contributed by atoms with Crippen molar-refractivity contribution < 1.29 is 9.53 Å². The normalized spacial score (nSPS) is 10.3. The molecule has 0 spiro atoms. The van der Waals surface area contributed by atoms with Crippen molar-refractivity contribution in [3.05, 3.63) is 51.7 Å². The molecule has 2 aromatic rings. The zero-order valence-corrected chi connectivity index (χ0v) is 12.2. The molecule has 0 aliphatic heterocycles. The van der Waals surface area contributed by atoms with Gasteiger partial charge in [0.05, 0.1) is 13.7 Å². The largest absolute Gasteiger partial charge is 0.497 e. The van der Waals surface area contributed by atoms with Crippen LogP contribution in [-0.4, -0.2) is 25.0 Å². The van der Waals surface area contributed by atoms with Gasteiger partial charge in [-0.1, -0.05) is 0 Å². The number of methoxy groups -OCH3 is 1. The van der Waals surface area contributed by atoms with E-state index in [1.54, 1.807) is 47.6 Å². The van der Waals surface area contributed by atoms with Crippen LogP contribution in [0.4, 0.5) is 0 Å². The lowest BCUT2D eigenvalue weighted by Crippen LogP contribution is -2.25. The summed E-state index contributed by atoms with van der Waals surface area (Å²) in [6.45, 7) is 2.71. The third-order valence-electron chi connectivity index (χ3n) is 2.87. The Morgan fingerprint density at radius 1 is 1.21 bits per heavy atom. The summed E-state index contributed by atoms with van der Waals surface area (Å²) in [4.78, 5) is 16.4. The summed E-state index contributed by atoms with van der Waals surface area (Å²) in [5.41, 5.74) is 0.677. The second kappa shape index (κ2) is 5.89. The quantitative estimate of drug-likeness (QED) is 0.856. The molecule has 4 heteroatoms. The van der Waals surface area contributed by atoms with Crippen LogP contribution in [-0.2, 0) is 6.54 Å². The average Bonchev–Trinajstić information content (AvgIpc) is 2.83. The molecule has 0 aliphatic carbocycles. The van der Waals surface area contributed by atoms with Crippen LogP contribution in [0.5, 0.6) is 5.75 Å². The summed E-state index contributed by atoms with van der Waals surface area (Å²) >= 11 is 1.72. The minimum Gasteiger partial charge on any atom is -0.497 e. The molecule has 0 aliphatic rings. The molecule has 0 unspecified atom stereocenters. The maximum atomic E-state index is 12.2. The minimum atomic E-state index is 0.0220. The Labute approximate surface area is 117 Å². The van der Waals surface area contributed by atoms with Crippen molar-refractivity contribution in [2.45, 2.75) is 13.5 Å². The van der Waals surface area contributed by atoms with Gasteiger partial charge < -0.3 is 9.64 Å². The van der Waals surface area contributed by atoms with Crippen molar-refractivity contribution >= 4 is 17.2 Å². The Kier molecular flexibility index (Phi) is 4.22. The van der Waals surface area contributed by atoms with Crippen molar-refractivity contribution in [3.8, 4) is 5.75 Å². The molecular formula is C15H17NO2S. The maximum Gasteiger partial charge on any atom is 0.253 e. The maximum absolute atomic E-state index is 12.2. The van der Waals surface area contributed by atoms with Gasteiger partial charge in [0.1, 0.15) is 5.75 Å². The Morgan fingerprint density at radius 3 is 2.42 bits per heavy atom. The van der Waals surface area contributed by atoms with E-state index in [1.165, 1.54) is 9.75 Å². The molecule has 0 atom stereocenters. The third kappa shape index (κ3) is 3.35. The van der Waals surface area contributed by atoms with Gasteiger partial charge in [-0.3, -0.25) is 4.79 Å². The highest BCUT2D eigenvalue weighted by Crippen LogP contribution is 2.18. The van der Waals surface area contributed by atoms with Crippen LogP contribution in [0.1, 0.15) is 20.1 Å². The van der Waals surface area contributed by atoms with E-state index >= 15 is 0 Å². The first-order valence-corrected chi connectivity index (χ1v) is 6.86. The monoisotopic (exact) mass is 275 g/mol. The van der Waals surface area contributed by atoms with E-state index in [9.17, 15) is 4.79 Å². The summed E-state index contributed by atoms with van der Waals surface area (Å²) in [6, 6.07) is 11.3. The molecule has 0 radical (unpaired) electrons. The second-order valence-corrected chi connectivity index (χ2v) is 5.77. The highest BCUT2D eigenvalue weighted by molar-refractivity contribution is 7.11. The average molecular weight is 275 g/mol. The van der Waals surface area contributed by atoms with Gasteiger partial charge >= 0.3 is 0 Å². The van der Waals surface area contributed by atoms with Crippen molar-refractivity contribution in [2.24, 2.45) is 0 Å². The van der Waals surface area contributed by atoms with Gasteiger partial charge in [0, 0.05) is 22.4 Å². The summed E-state index contributed by atoms with van der Waals surface area (Å²) in [7, 11) is 3.43. The Balaban J connectivity index is 2.05. The van der Waals surface area contributed by atoms with Gasteiger partial charge in [0.15, 0.2) is 0 Å². The van der Waals surface area contributed by atoms with E-state index in [2.05, 4.69) is 19.1 Å². The van der Waals surface area contributed by atoms with E-state index in [1.807, 2.05) is 7.05 Å². The molecule has 0 N–H and O–H groups in total. The van der Waals surface area contributed by atoms with Crippen LogP contribution >= 0.6 is 11.3 Å². The van der Waals surface area contributed by atoms with Gasteiger partial charge in [0.2, 0.25) is 0 Å². The fourth-order valence-corrected chi connectivity index (χ4v) is 2.77. The molecule has 0 bridgehead atoms. The predicted molar refractivity (Wildman–Crippen MR) is 77.8 cm³/mol. The highest BCUT2D eigenvalue weighted by atomic mass is 32.1. The minimum absolute atomic E-state index is 0.0220. The molecule has 0 saturated carbocycles. The lowest BCUT2D eigenvalue weighted by molar-refractivity contribution is 0.0786. The highest BCUT2D eigenvalue weighted by Gasteiger charge is 2.12. The van der Waals surface area contributed by atoms with Gasteiger partial charge in [-0.25, -0.2) is 0 Å². The van der Waals surface area contributed by atoms with E-state index in [0.29, 0.717) is 12.1 Å². The van der Waals surface area contributed by atoms with Gasteiger partial charge in [-0.15, -0.1) is 11.3 Å². The molecule has 100 valence electrons. The number of amides is 1. The van der Waals surface area contributed by atoms with E-state index < -0.39 is 0 Å². The SMILES string of the molecule is COc1ccc(C(=O)N(C)Cc2ccc(C)s2)cc1. The predicted octanol–water partition coefficient (Wildman–Crippen LogP) is 3.34. The van der Waals surface area contributed by atoms with Crippen LogP contribution in [0.15, 0.2) is 36.4 Å². The molecule has 1 aromatic carbocycles. The summed E-state index contributed by atoms with van der Waals surface area (Å²) in [6.07, 6.45) is 0. The van der Waals surface area contributed by atoms with Crippen molar-refractivity contribution in [2.75, 3.05) is 14.2 Å². The molecule has 3 nitrogen and oxygen atoms in total. The lowest BCUT2D eigenvalue weighted by atomic mass is 10.2. The topological polar surface area (TPSA) is 29.5 Å². The number of carbonyl (C=O) groups excluding carboxylic acids is 1. The van der Waals surface area contributed by atoms with E-state index in [-0.39, 0.29) is 5.91 Å². The van der Waals surface area contributed by atoms with E-state index in [0.717, 1.165) is 5.75 Å². The molecular weight excluding hydrogens is 258 g/mol. The van der Waals surface area contributed by atoms with Crippen LogP contribution in [0, 0.1) is 6.92 Å². The first-order chi connectivity index (χ1) is 9.10. The van der Waals surface area contributed by atoms with E-state index in [4.69, 9.17) is 4.74 Å². The van der Waals surface area contributed by atoms with Gasteiger partial charge in [0.25, 0.3) is 5.91 Å². The molecule has 0 fully saturated rings. The Bertz CT molecular complexity index is 560. The van der Waals surface area contributed by atoms with Crippen molar-refractivity contribution in [3.63, 3.8) is 0 Å². The van der Waals surface area contributed by atoms with Gasteiger partial charge in [-0.05, 0) is 43.3 Å². The standard InChI is InChI=1S/C15H17NO2S/c1-11-4-9-14(19-11)10-16(2)15(17)12-5-7-13(18-3)8-6-12/h4-9H,10H2,1-3H3. The molecule has 1 aromatic heterocycles. The number of thiophene rings is 1. The van der Waals surface area contributed by atoms with Crippen LogP contribution in [0.25, 0.3) is 0 Å². The zero-order valence-electron chi connectivity index (χ0n) is 11.3.